The highest BCUT2D eigenvalue weighted by Crippen LogP contribution is 2.83. The number of rotatable bonds is 1. The van der Waals surface area contributed by atoms with Crippen LogP contribution in [0.5, 0.6) is 0 Å². The van der Waals surface area contributed by atoms with E-state index in [0.717, 1.165) is 0 Å². The maximum atomic E-state index is 12.4. The van der Waals surface area contributed by atoms with Gasteiger partial charge in [-0.1, -0.05) is 50.2 Å². The molecule has 0 heterocycles. The van der Waals surface area contributed by atoms with Gasteiger partial charge in [0.25, 0.3) is 0 Å². The molecule has 0 bridgehead atoms. The SMILES string of the molecule is COC(=O)C1(C)[C@]2(C)c3cccc4cccc(c34)[C@]12C. The Labute approximate surface area is 118 Å². The number of ether oxygens (including phenoxy) is 1. The van der Waals surface area contributed by atoms with E-state index in [1.165, 1.54) is 29.0 Å². The van der Waals surface area contributed by atoms with E-state index in [4.69, 9.17) is 4.74 Å². The molecular formula is C18H18O2. The number of fused-ring (bicyclic) bond motifs is 3. The summed E-state index contributed by atoms with van der Waals surface area (Å²) in [6.07, 6.45) is 0. The molecule has 1 fully saturated rings. The van der Waals surface area contributed by atoms with E-state index in [-0.39, 0.29) is 16.8 Å². The van der Waals surface area contributed by atoms with Gasteiger partial charge in [0.05, 0.1) is 12.5 Å². The predicted molar refractivity (Wildman–Crippen MR) is 78.8 cm³/mol. The van der Waals surface area contributed by atoms with Crippen LogP contribution in [-0.2, 0) is 20.4 Å². The molecule has 1 unspecified atom stereocenters. The fourth-order valence-corrected chi connectivity index (χ4v) is 4.99. The third-order valence-electron chi connectivity index (χ3n) is 6.51. The minimum Gasteiger partial charge on any atom is -0.469 e. The molecule has 0 aliphatic heterocycles. The van der Waals surface area contributed by atoms with Crippen molar-refractivity contribution >= 4 is 16.7 Å². The molecule has 0 N–H and O–H groups in total. The van der Waals surface area contributed by atoms with Crippen LogP contribution in [0.4, 0.5) is 0 Å². The maximum Gasteiger partial charge on any atom is 0.313 e. The third-order valence-corrected chi connectivity index (χ3v) is 6.51. The molecule has 0 aromatic heterocycles. The molecule has 1 saturated carbocycles. The van der Waals surface area contributed by atoms with E-state index in [1.807, 2.05) is 6.92 Å². The van der Waals surface area contributed by atoms with Crippen LogP contribution in [0.25, 0.3) is 10.8 Å². The summed E-state index contributed by atoms with van der Waals surface area (Å²) in [4.78, 5) is 12.4. The number of carbonyl (C=O) groups excluding carboxylic acids is 1. The van der Waals surface area contributed by atoms with Crippen molar-refractivity contribution < 1.29 is 9.53 Å². The quantitative estimate of drug-likeness (QED) is 0.738. The first-order chi connectivity index (χ1) is 9.44. The van der Waals surface area contributed by atoms with Gasteiger partial charge in [-0.05, 0) is 28.8 Å². The van der Waals surface area contributed by atoms with Crippen LogP contribution >= 0.6 is 0 Å². The summed E-state index contributed by atoms with van der Waals surface area (Å²) in [6, 6.07) is 12.8. The van der Waals surface area contributed by atoms with Gasteiger partial charge in [0.15, 0.2) is 0 Å². The normalized spacial score (nSPS) is 36.8. The zero-order chi connectivity index (χ0) is 14.3. The van der Waals surface area contributed by atoms with E-state index in [1.54, 1.807) is 0 Å². The Morgan fingerprint density at radius 1 is 0.950 bits per heavy atom. The number of carbonyl (C=O) groups is 1. The van der Waals surface area contributed by atoms with Crippen LogP contribution in [0.1, 0.15) is 31.9 Å². The molecule has 102 valence electrons. The Morgan fingerprint density at radius 3 is 1.90 bits per heavy atom. The standard InChI is InChI=1S/C18H18O2/c1-16-12-9-5-7-11-8-6-10-13(14(11)12)17(16,2)18(16,3)15(19)20-4/h5-10H,1-4H3/t16-,17+,18?. The fourth-order valence-electron chi connectivity index (χ4n) is 4.99. The predicted octanol–water partition coefficient (Wildman–Crippen LogP) is 3.56. The molecule has 0 saturated heterocycles. The molecule has 20 heavy (non-hydrogen) atoms. The van der Waals surface area contributed by atoms with Gasteiger partial charge in [-0.15, -0.1) is 0 Å². The zero-order valence-corrected chi connectivity index (χ0v) is 12.3. The summed E-state index contributed by atoms with van der Waals surface area (Å²) in [5.41, 5.74) is 1.77. The van der Waals surface area contributed by atoms with Gasteiger partial charge in [0.2, 0.25) is 0 Å². The highest BCUT2D eigenvalue weighted by molar-refractivity contribution is 6.03. The van der Waals surface area contributed by atoms with Gasteiger partial charge < -0.3 is 4.74 Å². The Morgan fingerprint density at radius 2 is 1.45 bits per heavy atom. The third kappa shape index (κ3) is 0.825. The minimum absolute atomic E-state index is 0.103. The average Bonchev–Trinajstić information content (AvgIpc) is 2.77. The summed E-state index contributed by atoms with van der Waals surface area (Å²) in [7, 11) is 1.49. The lowest BCUT2D eigenvalue weighted by atomic mass is 9.84. The van der Waals surface area contributed by atoms with Gasteiger partial charge >= 0.3 is 5.97 Å². The van der Waals surface area contributed by atoms with Crippen LogP contribution in [0.15, 0.2) is 36.4 Å². The number of esters is 1. The van der Waals surface area contributed by atoms with E-state index in [0.29, 0.717) is 0 Å². The van der Waals surface area contributed by atoms with Crippen molar-refractivity contribution in [3.63, 3.8) is 0 Å². The molecule has 2 aromatic carbocycles. The van der Waals surface area contributed by atoms with E-state index < -0.39 is 5.41 Å². The molecule has 0 radical (unpaired) electrons. The first-order valence-corrected chi connectivity index (χ1v) is 7.05. The smallest absolute Gasteiger partial charge is 0.313 e. The second-order valence-electron chi connectivity index (χ2n) is 6.58. The largest absolute Gasteiger partial charge is 0.469 e. The van der Waals surface area contributed by atoms with Crippen molar-refractivity contribution in [3.8, 4) is 0 Å². The lowest BCUT2D eigenvalue weighted by Gasteiger charge is -2.21. The maximum absolute atomic E-state index is 12.4. The first kappa shape index (κ1) is 12.0. The Kier molecular flexibility index (Phi) is 1.84. The molecular weight excluding hydrogens is 248 g/mol. The second kappa shape index (κ2) is 3.08. The Hall–Kier alpha value is -1.83. The van der Waals surface area contributed by atoms with Crippen molar-refractivity contribution in [1.29, 1.82) is 0 Å². The van der Waals surface area contributed by atoms with Gasteiger partial charge in [0, 0.05) is 10.8 Å². The minimum atomic E-state index is -0.475. The Bertz CT molecular complexity index is 725. The van der Waals surface area contributed by atoms with E-state index in [2.05, 4.69) is 50.2 Å². The average molecular weight is 266 g/mol. The van der Waals surface area contributed by atoms with Crippen molar-refractivity contribution in [1.82, 2.24) is 0 Å². The lowest BCUT2D eigenvalue weighted by Crippen LogP contribution is -2.26. The second-order valence-corrected chi connectivity index (χ2v) is 6.58. The van der Waals surface area contributed by atoms with E-state index in [9.17, 15) is 4.79 Å². The number of methoxy groups -OCH3 is 1. The van der Waals surface area contributed by atoms with Gasteiger partial charge in [-0.2, -0.15) is 0 Å². The molecule has 0 amide bonds. The van der Waals surface area contributed by atoms with Crippen LogP contribution < -0.4 is 0 Å². The van der Waals surface area contributed by atoms with Crippen molar-refractivity contribution in [3.05, 3.63) is 47.5 Å². The summed E-state index contributed by atoms with van der Waals surface area (Å²) in [5, 5.41) is 2.60. The number of benzene rings is 2. The number of hydrogen-bond acceptors (Lipinski definition) is 2. The molecule has 2 nitrogen and oxygen atoms in total. The molecule has 4 rings (SSSR count). The summed E-state index contributed by atoms with van der Waals surface area (Å²) >= 11 is 0. The van der Waals surface area contributed by atoms with Crippen LogP contribution in [-0.4, -0.2) is 13.1 Å². The van der Waals surface area contributed by atoms with Crippen LogP contribution in [0.3, 0.4) is 0 Å². The van der Waals surface area contributed by atoms with Crippen molar-refractivity contribution in [2.75, 3.05) is 7.11 Å². The van der Waals surface area contributed by atoms with E-state index >= 15 is 0 Å². The summed E-state index contributed by atoms with van der Waals surface area (Å²) in [5.74, 6) is -0.103. The zero-order valence-electron chi connectivity index (χ0n) is 12.3. The highest BCUT2D eigenvalue weighted by atomic mass is 16.5. The van der Waals surface area contributed by atoms with Crippen LogP contribution in [0, 0.1) is 5.41 Å². The first-order valence-electron chi connectivity index (χ1n) is 7.05. The summed E-state index contributed by atoms with van der Waals surface area (Å²) in [6.45, 7) is 6.46. The molecule has 3 atom stereocenters. The van der Waals surface area contributed by atoms with Crippen molar-refractivity contribution in [2.24, 2.45) is 5.41 Å². The lowest BCUT2D eigenvalue weighted by molar-refractivity contribution is -0.147. The molecule has 2 aliphatic rings. The fraction of sp³-hybridized carbons (Fsp3) is 0.389. The molecule has 0 spiro atoms. The van der Waals surface area contributed by atoms with Gasteiger partial charge in [0.1, 0.15) is 0 Å². The topological polar surface area (TPSA) is 26.3 Å². The van der Waals surface area contributed by atoms with Gasteiger partial charge in [-0.25, -0.2) is 0 Å². The monoisotopic (exact) mass is 266 g/mol. The Balaban J connectivity index is 2.10. The highest BCUT2D eigenvalue weighted by Gasteiger charge is 2.87. The van der Waals surface area contributed by atoms with Gasteiger partial charge in [-0.3, -0.25) is 4.79 Å². The summed E-state index contributed by atoms with van der Waals surface area (Å²) < 4.78 is 5.12. The molecule has 2 aromatic rings. The molecule has 2 aliphatic carbocycles. The number of hydrogen-bond donors (Lipinski definition) is 0. The molecule has 2 heteroatoms. The van der Waals surface area contributed by atoms with Crippen molar-refractivity contribution in [2.45, 2.75) is 31.6 Å². The van der Waals surface area contributed by atoms with Crippen LogP contribution in [0.2, 0.25) is 0 Å².